The van der Waals surface area contributed by atoms with Crippen LogP contribution >= 0.6 is 15.2 Å². The molecular weight excluding hydrogens is 690 g/mol. The van der Waals surface area contributed by atoms with Gasteiger partial charge >= 0.3 is 15.2 Å². The van der Waals surface area contributed by atoms with E-state index in [4.69, 9.17) is 4.74 Å². The van der Waals surface area contributed by atoms with Gasteiger partial charge in [-0.25, -0.2) is 0 Å². The Morgan fingerprint density at radius 3 is 1.52 bits per heavy atom. The number of hydrogen-bond donors (Lipinski definition) is 4. The monoisotopic (exact) mass is 762 g/mol. The third-order valence-electron chi connectivity index (χ3n) is 9.89. The summed E-state index contributed by atoms with van der Waals surface area (Å²) in [4.78, 5) is 40.5. The molecule has 0 aliphatic rings. The Morgan fingerprint density at radius 1 is 0.596 bits per heavy atom. The van der Waals surface area contributed by atoms with E-state index in [0.717, 1.165) is 37.7 Å². The minimum atomic E-state index is -4.75. The molecule has 7 nitrogen and oxygen atoms in total. The third kappa shape index (κ3) is 21.9. The maximum Gasteiger partial charge on any atom is 0.337 e. The lowest BCUT2D eigenvalue weighted by molar-refractivity contribution is 0.299. The fourth-order valence-corrected chi connectivity index (χ4v) is 8.69. The smallest absolute Gasteiger partial charge is 0.337 e. The fourth-order valence-electron chi connectivity index (χ4n) is 6.89. The average Bonchev–Trinajstić information content (AvgIpc) is 3.09. The third-order valence-corrected chi connectivity index (χ3v) is 11.9. The molecule has 4 N–H and O–H groups in total. The summed E-state index contributed by atoms with van der Waals surface area (Å²) in [6, 6.07) is 11.8. The first kappa shape index (κ1) is 46.4. The van der Waals surface area contributed by atoms with Crippen LogP contribution in [0, 0.1) is 0 Å². The van der Waals surface area contributed by atoms with Crippen molar-refractivity contribution in [3.63, 3.8) is 0 Å². The van der Waals surface area contributed by atoms with Crippen LogP contribution < -0.4 is 4.74 Å². The van der Waals surface area contributed by atoms with Gasteiger partial charge in [0.15, 0.2) is 0 Å². The summed E-state index contributed by atoms with van der Waals surface area (Å²) >= 11 is 0. The highest BCUT2D eigenvalue weighted by Gasteiger charge is 2.35. The second kappa shape index (κ2) is 27.8. The van der Waals surface area contributed by atoms with Crippen LogP contribution in [0.15, 0.2) is 48.5 Å². The summed E-state index contributed by atoms with van der Waals surface area (Å²) in [6.07, 6.45) is 33.8. The SMILES string of the molecule is CCCCCCCCCCCCCC=Cc1ccc(C(c2cc(CP(=O)(O)O)ccc2OCCCCCCCCCCCCCC)P(=O)(O)O)cc1. The van der Waals surface area contributed by atoms with Gasteiger partial charge in [0.05, 0.1) is 12.8 Å². The van der Waals surface area contributed by atoms with Crippen LogP contribution in [-0.4, -0.2) is 26.2 Å². The molecule has 0 saturated carbocycles. The summed E-state index contributed by atoms with van der Waals surface area (Å²) in [5, 5.41) is 0. The standard InChI is InChI=1S/C43H72O7P2/c1-3-5-7-9-11-13-15-17-18-20-22-24-26-28-38-29-32-40(33-30-38)43(52(47,48)49)41-36-39(37-51(44,45)46)31-34-42(41)50-35-27-25-23-21-19-16-14-12-10-8-6-4-2/h26,28-34,36,43H,3-25,27,35,37H2,1-2H3,(H2,44,45,46)(H2,47,48,49). The molecule has 0 aliphatic carbocycles. The molecule has 0 spiro atoms. The molecule has 52 heavy (non-hydrogen) atoms. The van der Waals surface area contributed by atoms with Crippen molar-refractivity contribution in [1.82, 2.24) is 0 Å². The predicted octanol–water partition coefficient (Wildman–Crippen LogP) is 13.4. The molecular formula is C43H72O7P2. The maximum absolute atomic E-state index is 13.0. The highest BCUT2D eigenvalue weighted by atomic mass is 31.2. The molecule has 9 heteroatoms. The van der Waals surface area contributed by atoms with Crippen LogP contribution in [0.4, 0.5) is 0 Å². The van der Waals surface area contributed by atoms with E-state index in [-0.39, 0.29) is 5.56 Å². The Hall–Kier alpha value is -1.72. The number of allylic oxidation sites excluding steroid dienone is 1. The average molecular weight is 763 g/mol. The van der Waals surface area contributed by atoms with Gasteiger partial charge in [-0.2, -0.15) is 0 Å². The summed E-state index contributed by atoms with van der Waals surface area (Å²) in [7, 11) is -9.14. The van der Waals surface area contributed by atoms with Gasteiger partial charge in [0.25, 0.3) is 0 Å². The zero-order chi connectivity index (χ0) is 37.9. The van der Waals surface area contributed by atoms with Gasteiger partial charge in [-0.3, -0.25) is 9.13 Å². The molecule has 296 valence electrons. The van der Waals surface area contributed by atoms with Crippen molar-refractivity contribution in [1.29, 1.82) is 0 Å². The van der Waals surface area contributed by atoms with Gasteiger partial charge < -0.3 is 24.3 Å². The van der Waals surface area contributed by atoms with Gasteiger partial charge in [-0.15, -0.1) is 0 Å². The Labute approximate surface area is 316 Å². The van der Waals surface area contributed by atoms with E-state index >= 15 is 0 Å². The first-order chi connectivity index (χ1) is 25.0. The maximum atomic E-state index is 13.0. The Balaban J connectivity index is 1.93. The Morgan fingerprint density at radius 2 is 1.06 bits per heavy atom. The van der Waals surface area contributed by atoms with Gasteiger partial charge in [0, 0.05) is 5.56 Å². The molecule has 0 radical (unpaired) electrons. The lowest BCUT2D eigenvalue weighted by Crippen LogP contribution is -2.08. The number of benzene rings is 2. The van der Waals surface area contributed by atoms with Crippen molar-refractivity contribution in [2.45, 2.75) is 180 Å². The summed E-state index contributed by atoms with van der Waals surface area (Å²) in [5.74, 6) is 0.335. The summed E-state index contributed by atoms with van der Waals surface area (Å²) < 4.78 is 31.0. The Bertz CT molecular complexity index is 1320. The molecule has 0 amide bonds. The normalized spacial score (nSPS) is 12.9. The van der Waals surface area contributed by atoms with Gasteiger partial charge in [0.2, 0.25) is 0 Å². The van der Waals surface area contributed by atoms with Crippen molar-refractivity contribution in [3.05, 3.63) is 70.8 Å². The lowest BCUT2D eigenvalue weighted by Gasteiger charge is -2.23. The summed E-state index contributed by atoms with van der Waals surface area (Å²) in [6.45, 7) is 4.90. The molecule has 0 aromatic heterocycles. The Kier molecular flexibility index (Phi) is 24.8. The van der Waals surface area contributed by atoms with Crippen molar-refractivity contribution < 1.29 is 33.4 Å². The number of unbranched alkanes of at least 4 members (excludes halogenated alkanes) is 22. The van der Waals surface area contributed by atoms with E-state index in [0.29, 0.717) is 23.5 Å². The highest BCUT2D eigenvalue weighted by molar-refractivity contribution is 7.52. The second-order valence-corrected chi connectivity index (χ2v) is 18.2. The van der Waals surface area contributed by atoms with Crippen LogP contribution in [0.1, 0.15) is 196 Å². The molecule has 1 unspecified atom stereocenters. The molecule has 0 fully saturated rings. The predicted molar refractivity (Wildman–Crippen MR) is 219 cm³/mol. The van der Waals surface area contributed by atoms with Crippen molar-refractivity contribution >= 4 is 21.3 Å². The van der Waals surface area contributed by atoms with Crippen molar-refractivity contribution in [2.75, 3.05) is 6.61 Å². The number of hydrogen-bond acceptors (Lipinski definition) is 3. The molecule has 0 saturated heterocycles. The van der Waals surface area contributed by atoms with E-state index in [1.54, 1.807) is 24.3 Å². The van der Waals surface area contributed by atoms with E-state index < -0.39 is 27.0 Å². The van der Waals surface area contributed by atoms with Gasteiger partial charge in [-0.05, 0) is 42.0 Å². The zero-order valence-corrected chi connectivity index (χ0v) is 34.4. The molecule has 0 heterocycles. The number of ether oxygens (including phenoxy) is 1. The van der Waals surface area contributed by atoms with Crippen LogP contribution in [0.3, 0.4) is 0 Å². The lowest BCUT2D eigenvalue weighted by atomic mass is 10.00. The van der Waals surface area contributed by atoms with Crippen LogP contribution in [0.5, 0.6) is 5.75 Å². The molecule has 2 rings (SSSR count). The van der Waals surface area contributed by atoms with E-state index in [1.165, 1.54) is 128 Å². The van der Waals surface area contributed by atoms with Crippen molar-refractivity contribution in [2.24, 2.45) is 0 Å². The minimum absolute atomic E-state index is 0.248. The first-order valence-corrected chi connectivity index (χ1v) is 24.1. The van der Waals surface area contributed by atoms with E-state index in [9.17, 15) is 28.7 Å². The van der Waals surface area contributed by atoms with Crippen LogP contribution in [0.2, 0.25) is 0 Å². The molecule has 2 aromatic rings. The second-order valence-electron chi connectivity index (χ2n) is 14.8. The molecule has 0 aliphatic heterocycles. The van der Waals surface area contributed by atoms with E-state index in [2.05, 4.69) is 26.0 Å². The quantitative estimate of drug-likeness (QED) is 0.0432. The highest BCUT2D eigenvalue weighted by Crippen LogP contribution is 2.57. The van der Waals surface area contributed by atoms with Gasteiger partial charge in [0.1, 0.15) is 11.4 Å². The topological polar surface area (TPSA) is 124 Å². The molecule has 0 bridgehead atoms. The largest absolute Gasteiger partial charge is 0.493 e. The first-order valence-electron chi connectivity index (χ1n) is 20.7. The molecule has 1 atom stereocenters. The number of rotatable bonds is 32. The van der Waals surface area contributed by atoms with Crippen LogP contribution in [-0.2, 0) is 15.3 Å². The summed E-state index contributed by atoms with van der Waals surface area (Å²) in [5.41, 5.74) is 0.615. The minimum Gasteiger partial charge on any atom is -0.493 e. The van der Waals surface area contributed by atoms with Gasteiger partial charge in [-0.1, -0.05) is 197 Å². The fraction of sp³-hybridized carbons (Fsp3) is 0.674. The van der Waals surface area contributed by atoms with E-state index in [1.807, 2.05) is 12.1 Å². The zero-order valence-electron chi connectivity index (χ0n) is 32.6. The van der Waals surface area contributed by atoms with Crippen LogP contribution in [0.25, 0.3) is 6.08 Å². The van der Waals surface area contributed by atoms with Crippen molar-refractivity contribution in [3.8, 4) is 5.75 Å². The molecule has 2 aromatic carbocycles.